The summed E-state index contributed by atoms with van der Waals surface area (Å²) in [6, 6.07) is 12.1. The minimum absolute atomic E-state index is 0.00160. The van der Waals surface area contributed by atoms with Crippen molar-refractivity contribution in [1.29, 1.82) is 0 Å². The zero-order chi connectivity index (χ0) is 20.6. The molecule has 0 spiro atoms. The first-order valence-electron chi connectivity index (χ1n) is 10.4. The Kier molecular flexibility index (Phi) is 7.83. The van der Waals surface area contributed by atoms with E-state index in [9.17, 15) is 9.59 Å². The number of hydrogen-bond acceptors (Lipinski definition) is 4. The van der Waals surface area contributed by atoms with Crippen LogP contribution in [0.15, 0.2) is 41.8 Å². The minimum Gasteiger partial charge on any atom is -0.332 e. The number of aryl methyl sites for hydroxylation is 1. The second kappa shape index (κ2) is 10.6. The lowest BCUT2D eigenvalue weighted by atomic mass is 10.2. The van der Waals surface area contributed by atoms with Gasteiger partial charge < -0.3 is 14.7 Å². The summed E-state index contributed by atoms with van der Waals surface area (Å²) in [6.45, 7) is 8.55. The van der Waals surface area contributed by atoms with E-state index in [-0.39, 0.29) is 18.4 Å². The minimum atomic E-state index is -0.0375. The molecule has 0 unspecified atom stereocenters. The van der Waals surface area contributed by atoms with Crippen LogP contribution in [0.1, 0.15) is 35.8 Å². The molecule has 1 aliphatic rings. The van der Waals surface area contributed by atoms with Gasteiger partial charge in [0.25, 0.3) is 0 Å². The summed E-state index contributed by atoms with van der Waals surface area (Å²) < 4.78 is 0. The van der Waals surface area contributed by atoms with Crippen molar-refractivity contribution in [3.05, 3.63) is 57.8 Å². The molecule has 0 bridgehead atoms. The van der Waals surface area contributed by atoms with Crippen LogP contribution in [0.5, 0.6) is 0 Å². The number of thiophene rings is 1. The molecule has 1 aromatic heterocycles. The van der Waals surface area contributed by atoms with E-state index in [2.05, 4.69) is 23.3 Å². The summed E-state index contributed by atoms with van der Waals surface area (Å²) in [4.78, 5) is 32.5. The molecule has 1 saturated heterocycles. The van der Waals surface area contributed by atoms with Gasteiger partial charge >= 0.3 is 0 Å². The highest BCUT2D eigenvalue weighted by atomic mass is 32.1. The van der Waals surface area contributed by atoms with Crippen LogP contribution >= 0.6 is 11.3 Å². The average molecular weight is 414 g/mol. The summed E-state index contributed by atoms with van der Waals surface area (Å²) in [5, 5.41) is 2.06. The second-order valence-electron chi connectivity index (χ2n) is 7.75. The van der Waals surface area contributed by atoms with Gasteiger partial charge in [0.2, 0.25) is 11.8 Å². The first-order chi connectivity index (χ1) is 14.0. The van der Waals surface area contributed by atoms with Gasteiger partial charge in [0.1, 0.15) is 0 Å². The van der Waals surface area contributed by atoms with Crippen LogP contribution < -0.4 is 0 Å². The normalized spacial score (nSPS) is 14.1. The zero-order valence-electron chi connectivity index (χ0n) is 17.5. The van der Waals surface area contributed by atoms with Gasteiger partial charge in [0.05, 0.1) is 13.1 Å². The lowest BCUT2D eigenvalue weighted by Gasteiger charge is -2.28. The fourth-order valence-corrected chi connectivity index (χ4v) is 4.58. The topological polar surface area (TPSA) is 43.9 Å². The molecule has 0 aliphatic carbocycles. The molecule has 1 aliphatic heterocycles. The van der Waals surface area contributed by atoms with Crippen LogP contribution in [-0.4, -0.2) is 59.2 Å². The van der Waals surface area contributed by atoms with E-state index in [0.29, 0.717) is 19.6 Å². The van der Waals surface area contributed by atoms with Crippen LogP contribution in [0.4, 0.5) is 0 Å². The maximum Gasteiger partial charge on any atom is 0.242 e. The molecule has 5 nitrogen and oxygen atoms in total. The zero-order valence-corrected chi connectivity index (χ0v) is 18.3. The summed E-state index contributed by atoms with van der Waals surface area (Å²) >= 11 is 1.68. The largest absolute Gasteiger partial charge is 0.332 e. The Bertz CT molecular complexity index is 799. The summed E-state index contributed by atoms with van der Waals surface area (Å²) in [5.41, 5.74) is 2.31. The third-order valence-corrected chi connectivity index (χ3v) is 6.54. The third kappa shape index (κ3) is 6.41. The van der Waals surface area contributed by atoms with Crippen LogP contribution in [-0.2, 0) is 22.7 Å². The smallest absolute Gasteiger partial charge is 0.242 e. The van der Waals surface area contributed by atoms with E-state index in [4.69, 9.17) is 0 Å². The Hall–Kier alpha value is -2.18. The maximum absolute atomic E-state index is 13.2. The SMILES string of the molecule is CC(=O)N(CCN1CCCC1)CC(=O)N(Cc1ccccc1)Cc1sccc1C. The number of hydrogen-bond donors (Lipinski definition) is 0. The number of carbonyl (C=O) groups excluding carboxylic acids is 2. The number of benzene rings is 1. The van der Waals surface area contributed by atoms with Crippen molar-refractivity contribution in [3.8, 4) is 0 Å². The van der Waals surface area contributed by atoms with Gasteiger partial charge in [0.15, 0.2) is 0 Å². The molecule has 2 aromatic rings. The molecular weight excluding hydrogens is 382 g/mol. The van der Waals surface area contributed by atoms with Crippen molar-refractivity contribution in [2.45, 2.75) is 39.8 Å². The standard InChI is InChI=1S/C23H31N3O2S/c1-19-10-15-29-22(19)17-26(16-21-8-4-3-5-9-21)23(28)18-25(20(2)27)14-13-24-11-6-7-12-24/h3-5,8-10,15H,6-7,11-14,16-18H2,1-2H3. The highest BCUT2D eigenvalue weighted by Crippen LogP contribution is 2.19. The van der Waals surface area contributed by atoms with Crippen LogP contribution in [0.25, 0.3) is 0 Å². The van der Waals surface area contributed by atoms with E-state index in [0.717, 1.165) is 25.2 Å². The van der Waals surface area contributed by atoms with Gasteiger partial charge in [-0.05, 0) is 55.4 Å². The average Bonchev–Trinajstić information content (AvgIpc) is 3.37. The second-order valence-corrected chi connectivity index (χ2v) is 8.75. The highest BCUT2D eigenvalue weighted by molar-refractivity contribution is 7.10. The highest BCUT2D eigenvalue weighted by Gasteiger charge is 2.22. The van der Waals surface area contributed by atoms with Gasteiger partial charge in [0, 0.05) is 31.4 Å². The lowest BCUT2D eigenvalue weighted by Crippen LogP contribution is -2.44. The van der Waals surface area contributed by atoms with Gasteiger partial charge in [-0.2, -0.15) is 0 Å². The van der Waals surface area contributed by atoms with Crippen molar-refractivity contribution in [2.75, 3.05) is 32.7 Å². The molecule has 2 heterocycles. The molecule has 1 aromatic carbocycles. The van der Waals surface area contributed by atoms with Gasteiger partial charge in [-0.3, -0.25) is 9.59 Å². The number of nitrogens with zero attached hydrogens (tertiary/aromatic N) is 3. The molecule has 0 atom stereocenters. The monoisotopic (exact) mass is 413 g/mol. The summed E-state index contributed by atoms with van der Waals surface area (Å²) in [6.07, 6.45) is 2.45. The predicted molar refractivity (Wildman–Crippen MR) is 118 cm³/mol. The van der Waals surface area contributed by atoms with Crippen LogP contribution in [0.3, 0.4) is 0 Å². The Balaban J connectivity index is 1.67. The Morgan fingerprint density at radius 2 is 1.76 bits per heavy atom. The van der Waals surface area contributed by atoms with Gasteiger partial charge in [-0.25, -0.2) is 0 Å². The number of carbonyl (C=O) groups is 2. The predicted octanol–water partition coefficient (Wildman–Crippen LogP) is 3.53. The molecule has 29 heavy (non-hydrogen) atoms. The molecule has 0 radical (unpaired) electrons. The van der Waals surface area contributed by atoms with Gasteiger partial charge in [-0.15, -0.1) is 11.3 Å². The van der Waals surface area contributed by atoms with Gasteiger partial charge in [-0.1, -0.05) is 30.3 Å². The third-order valence-electron chi connectivity index (χ3n) is 5.53. The maximum atomic E-state index is 13.2. The number of rotatable bonds is 9. The molecule has 2 amide bonds. The Labute approximate surface area is 177 Å². The van der Waals surface area contributed by atoms with E-state index >= 15 is 0 Å². The first kappa shape index (κ1) is 21.5. The Morgan fingerprint density at radius 3 is 2.38 bits per heavy atom. The summed E-state index contributed by atoms with van der Waals surface area (Å²) in [5.74, 6) is -0.0391. The van der Waals surface area contributed by atoms with Crippen molar-refractivity contribution < 1.29 is 9.59 Å². The van der Waals surface area contributed by atoms with Crippen molar-refractivity contribution >= 4 is 23.2 Å². The molecule has 3 rings (SSSR count). The lowest BCUT2D eigenvalue weighted by molar-refractivity contribution is -0.140. The van der Waals surface area contributed by atoms with Crippen LogP contribution in [0.2, 0.25) is 0 Å². The van der Waals surface area contributed by atoms with E-state index in [1.807, 2.05) is 35.2 Å². The van der Waals surface area contributed by atoms with E-state index in [1.54, 1.807) is 23.2 Å². The molecule has 6 heteroatoms. The molecular formula is C23H31N3O2S. The van der Waals surface area contributed by atoms with Crippen LogP contribution in [0, 0.1) is 6.92 Å². The first-order valence-corrected chi connectivity index (χ1v) is 11.2. The van der Waals surface area contributed by atoms with Crippen molar-refractivity contribution in [3.63, 3.8) is 0 Å². The van der Waals surface area contributed by atoms with Crippen molar-refractivity contribution in [1.82, 2.24) is 14.7 Å². The fraction of sp³-hybridized carbons (Fsp3) is 0.478. The fourth-order valence-electron chi connectivity index (χ4n) is 3.65. The summed E-state index contributed by atoms with van der Waals surface area (Å²) in [7, 11) is 0. The van der Waals surface area contributed by atoms with E-state index in [1.165, 1.54) is 23.3 Å². The molecule has 0 N–H and O–H groups in total. The van der Waals surface area contributed by atoms with Crippen molar-refractivity contribution in [2.24, 2.45) is 0 Å². The quantitative estimate of drug-likeness (QED) is 0.632. The molecule has 1 fully saturated rings. The van der Waals surface area contributed by atoms with E-state index < -0.39 is 0 Å². The molecule has 156 valence electrons. The molecule has 0 saturated carbocycles. The number of amides is 2. The Morgan fingerprint density at radius 1 is 1.03 bits per heavy atom. The number of likely N-dealkylation sites (tertiary alicyclic amines) is 1.